The zero-order valence-corrected chi connectivity index (χ0v) is 14.1. The number of rotatable bonds is 5. The van der Waals surface area contributed by atoms with E-state index in [9.17, 15) is 4.79 Å². The summed E-state index contributed by atoms with van der Waals surface area (Å²) in [5.74, 6) is 1.34. The molecular weight excluding hydrogens is 340 g/mol. The molecule has 0 aliphatic rings. The normalized spacial score (nSPS) is 10.9. The average Bonchev–Trinajstić information content (AvgIpc) is 3.34. The van der Waals surface area contributed by atoms with Crippen LogP contribution in [0.5, 0.6) is 5.75 Å². The van der Waals surface area contributed by atoms with Gasteiger partial charge in [0.25, 0.3) is 5.91 Å². The van der Waals surface area contributed by atoms with Gasteiger partial charge in [0.05, 0.1) is 12.9 Å². The molecule has 25 heavy (non-hydrogen) atoms. The monoisotopic (exact) mass is 354 g/mol. The van der Waals surface area contributed by atoms with Crippen LogP contribution in [0.1, 0.15) is 17.5 Å². The van der Waals surface area contributed by atoms with E-state index in [-0.39, 0.29) is 11.7 Å². The van der Waals surface area contributed by atoms with Crippen LogP contribution in [0.25, 0.3) is 22.4 Å². The number of nitrogens with zero attached hydrogens (tertiary/aromatic N) is 1. The van der Waals surface area contributed by atoms with E-state index in [1.807, 2.05) is 36.6 Å². The Morgan fingerprint density at radius 2 is 2.24 bits per heavy atom. The molecule has 1 amide bonds. The summed E-state index contributed by atoms with van der Waals surface area (Å²) in [4.78, 5) is 16.4. The van der Waals surface area contributed by atoms with E-state index >= 15 is 0 Å². The number of nitrogens with one attached hydrogen (secondary N) is 1. The van der Waals surface area contributed by atoms with Crippen LogP contribution < -0.4 is 10.1 Å². The Morgan fingerprint density at radius 3 is 3.04 bits per heavy atom. The molecule has 0 bridgehead atoms. The number of benzene rings is 1. The molecule has 4 rings (SSSR count). The van der Waals surface area contributed by atoms with Crippen LogP contribution in [0, 0.1) is 0 Å². The van der Waals surface area contributed by atoms with E-state index in [0.717, 1.165) is 16.7 Å². The first-order valence-corrected chi connectivity index (χ1v) is 8.58. The molecule has 0 saturated carbocycles. The van der Waals surface area contributed by atoms with Gasteiger partial charge in [-0.25, -0.2) is 4.98 Å². The third-order valence-electron chi connectivity index (χ3n) is 3.52. The predicted octanol–water partition coefficient (Wildman–Crippen LogP) is 4.80. The lowest BCUT2D eigenvalue weighted by atomic mass is 10.2. The van der Waals surface area contributed by atoms with Gasteiger partial charge >= 0.3 is 0 Å². The van der Waals surface area contributed by atoms with Crippen LogP contribution in [0.15, 0.2) is 56.9 Å². The summed E-state index contributed by atoms with van der Waals surface area (Å²) in [7, 11) is 0. The van der Waals surface area contributed by atoms with Gasteiger partial charge in [-0.05, 0) is 43.3 Å². The van der Waals surface area contributed by atoms with Crippen LogP contribution in [0.4, 0.5) is 5.13 Å². The van der Waals surface area contributed by atoms with Gasteiger partial charge in [0, 0.05) is 10.8 Å². The third kappa shape index (κ3) is 3.14. The van der Waals surface area contributed by atoms with Crippen LogP contribution in [-0.4, -0.2) is 17.5 Å². The third-order valence-corrected chi connectivity index (χ3v) is 4.28. The zero-order valence-electron chi connectivity index (χ0n) is 13.3. The van der Waals surface area contributed by atoms with Crippen molar-refractivity contribution < 1.29 is 18.4 Å². The van der Waals surface area contributed by atoms with Crippen molar-refractivity contribution in [2.45, 2.75) is 6.92 Å². The maximum absolute atomic E-state index is 12.0. The number of furan rings is 2. The van der Waals surface area contributed by atoms with Gasteiger partial charge in [0.2, 0.25) is 0 Å². The number of carbonyl (C=O) groups excluding carboxylic acids is 1. The summed E-state index contributed by atoms with van der Waals surface area (Å²) in [6.07, 6.45) is 1.45. The first kappa shape index (κ1) is 15.5. The van der Waals surface area contributed by atoms with Gasteiger partial charge in [0.1, 0.15) is 17.0 Å². The molecule has 7 heteroatoms. The van der Waals surface area contributed by atoms with E-state index in [4.69, 9.17) is 13.6 Å². The highest BCUT2D eigenvalue weighted by Crippen LogP contribution is 2.32. The largest absolute Gasteiger partial charge is 0.494 e. The first-order chi connectivity index (χ1) is 12.2. The van der Waals surface area contributed by atoms with E-state index in [2.05, 4.69) is 10.3 Å². The highest BCUT2D eigenvalue weighted by molar-refractivity contribution is 7.14. The minimum absolute atomic E-state index is 0.240. The maximum Gasteiger partial charge on any atom is 0.293 e. The van der Waals surface area contributed by atoms with Crippen molar-refractivity contribution in [3.63, 3.8) is 0 Å². The summed E-state index contributed by atoms with van der Waals surface area (Å²) in [5, 5.41) is 5.96. The molecule has 0 atom stereocenters. The summed E-state index contributed by atoms with van der Waals surface area (Å²) in [5.41, 5.74) is 1.42. The molecule has 1 N–H and O–H groups in total. The van der Waals surface area contributed by atoms with Crippen molar-refractivity contribution in [3.05, 3.63) is 53.8 Å². The second-order valence-electron chi connectivity index (χ2n) is 5.21. The van der Waals surface area contributed by atoms with Crippen molar-refractivity contribution in [1.29, 1.82) is 0 Å². The Balaban J connectivity index is 1.57. The molecule has 0 unspecified atom stereocenters. The molecule has 1 aromatic carbocycles. The topological polar surface area (TPSA) is 77.5 Å². The standard InChI is InChI=1S/C18H14N2O4S/c1-2-22-12-5-6-14-11(8-12)9-16(24-14)13-10-25-18(19-13)20-17(21)15-4-3-7-23-15/h3-10H,2H2,1H3,(H,19,20,21). The summed E-state index contributed by atoms with van der Waals surface area (Å²) >= 11 is 1.32. The Morgan fingerprint density at radius 1 is 1.32 bits per heavy atom. The van der Waals surface area contributed by atoms with Crippen LogP contribution >= 0.6 is 11.3 Å². The summed E-state index contributed by atoms with van der Waals surface area (Å²) < 4.78 is 16.4. The lowest BCUT2D eigenvalue weighted by Gasteiger charge is -2.00. The number of thiazole rings is 1. The fourth-order valence-corrected chi connectivity index (χ4v) is 3.11. The van der Waals surface area contributed by atoms with Gasteiger partial charge in [-0.1, -0.05) is 0 Å². The molecule has 126 valence electrons. The first-order valence-electron chi connectivity index (χ1n) is 7.70. The van der Waals surface area contributed by atoms with E-state index in [0.29, 0.717) is 23.2 Å². The van der Waals surface area contributed by atoms with Gasteiger partial charge in [-0.3, -0.25) is 10.1 Å². The fraction of sp³-hybridized carbons (Fsp3) is 0.111. The average molecular weight is 354 g/mol. The molecule has 0 radical (unpaired) electrons. The molecule has 0 aliphatic heterocycles. The minimum atomic E-state index is -0.336. The molecule has 3 aromatic heterocycles. The Hall–Kier alpha value is -3.06. The van der Waals surface area contributed by atoms with Gasteiger partial charge < -0.3 is 13.6 Å². The summed E-state index contributed by atoms with van der Waals surface area (Å²) in [6.45, 7) is 2.56. The van der Waals surface area contributed by atoms with Gasteiger partial charge in [-0.15, -0.1) is 11.3 Å². The lowest BCUT2D eigenvalue weighted by molar-refractivity contribution is 0.0996. The SMILES string of the molecule is CCOc1ccc2oc(-c3csc(NC(=O)c4ccco4)n3)cc2c1. The fourth-order valence-electron chi connectivity index (χ4n) is 2.41. The Bertz CT molecular complexity index is 1020. The van der Waals surface area contributed by atoms with Crippen LogP contribution in [0.2, 0.25) is 0 Å². The van der Waals surface area contributed by atoms with Gasteiger partial charge in [-0.2, -0.15) is 0 Å². The lowest BCUT2D eigenvalue weighted by Crippen LogP contribution is -2.10. The molecular formula is C18H14N2O4S. The highest BCUT2D eigenvalue weighted by Gasteiger charge is 2.14. The minimum Gasteiger partial charge on any atom is -0.494 e. The smallest absolute Gasteiger partial charge is 0.293 e. The number of aromatic nitrogens is 1. The van der Waals surface area contributed by atoms with Crippen molar-refractivity contribution in [2.75, 3.05) is 11.9 Å². The maximum atomic E-state index is 12.0. The second-order valence-corrected chi connectivity index (χ2v) is 6.07. The number of carbonyl (C=O) groups is 1. The van der Waals surface area contributed by atoms with Crippen molar-refractivity contribution >= 4 is 33.3 Å². The number of anilines is 1. The second kappa shape index (κ2) is 6.45. The molecule has 0 saturated heterocycles. The molecule has 0 spiro atoms. The molecule has 0 aliphatic carbocycles. The van der Waals surface area contributed by atoms with E-state index < -0.39 is 0 Å². The molecule has 6 nitrogen and oxygen atoms in total. The van der Waals surface area contributed by atoms with Crippen molar-refractivity contribution in [2.24, 2.45) is 0 Å². The zero-order chi connectivity index (χ0) is 17.2. The predicted molar refractivity (Wildman–Crippen MR) is 95.2 cm³/mol. The number of ether oxygens (including phenoxy) is 1. The quantitative estimate of drug-likeness (QED) is 0.557. The van der Waals surface area contributed by atoms with Crippen molar-refractivity contribution in [1.82, 2.24) is 4.98 Å². The van der Waals surface area contributed by atoms with Gasteiger partial charge in [0.15, 0.2) is 16.7 Å². The highest BCUT2D eigenvalue weighted by atomic mass is 32.1. The van der Waals surface area contributed by atoms with Crippen molar-refractivity contribution in [3.8, 4) is 17.2 Å². The number of fused-ring (bicyclic) bond motifs is 1. The van der Waals surface area contributed by atoms with Crippen LogP contribution in [0.3, 0.4) is 0 Å². The number of amides is 1. The number of hydrogen-bond donors (Lipinski definition) is 1. The number of hydrogen-bond acceptors (Lipinski definition) is 6. The summed E-state index contributed by atoms with van der Waals surface area (Å²) in [6, 6.07) is 10.8. The van der Waals surface area contributed by atoms with Crippen LogP contribution in [-0.2, 0) is 0 Å². The Labute approximate surface area is 147 Å². The van der Waals surface area contributed by atoms with E-state index in [1.54, 1.807) is 12.1 Å². The molecule has 4 aromatic rings. The molecule has 3 heterocycles. The Kier molecular flexibility index (Phi) is 3.99. The van der Waals surface area contributed by atoms with E-state index in [1.165, 1.54) is 17.6 Å². The molecule has 0 fully saturated rings.